The van der Waals surface area contributed by atoms with Crippen LogP contribution in [0.4, 0.5) is 5.69 Å². The third kappa shape index (κ3) is 3.18. The molecule has 0 unspecified atom stereocenters. The summed E-state index contributed by atoms with van der Waals surface area (Å²) in [6, 6.07) is 23.7. The van der Waals surface area contributed by atoms with Crippen LogP contribution in [0, 0.1) is 5.92 Å². The van der Waals surface area contributed by atoms with E-state index in [-0.39, 0.29) is 24.2 Å². The highest BCUT2D eigenvalue weighted by molar-refractivity contribution is 6.06. The minimum Gasteiger partial charge on any atom is -0.352 e. The number of nitrogens with zero attached hydrogens (tertiary/aromatic N) is 1. The number of fused-ring (bicyclic) bond motifs is 1. The Morgan fingerprint density at radius 2 is 1.69 bits per heavy atom. The van der Waals surface area contributed by atoms with Crippen LogP contribution in [0.3, 0.4) is 0 Å². The molecule has 2 amide bonds. The van der Waals surface area contributed by atoms with Gasteiger partial charge >= 0.3 is 0 Å². The molecular formula is C22H20N2O2. The van der Waals surface area contributed by atoms with Gasteiger partial charge in [0, 0.05) is 24.9 Å². The Morgan fingerprint density at radius 1 is 0.962 bits per heavy atom. The van der Waals surface area contributed by atoms with Gasteiger partial charge in [-0.2, -0.15) is 0 Å². The van der Waals surface area contributed by atoms with Crippen LogP contribution in [-0.4, -0.2) is 18.4 Å². The highest BCUT2D eigenvalue weighted by atomic mass is 16.2. The molecule has 4 heteroatoms. The molecule has 1 fully saturated rings. The molecule has 1 atom stereocenters. The van der Waals surface area contributed by atoms with Crippen LogP contribution >= 0.6 is 0 Å². The molecule has 0 bridgehead atoms. The van der Waals surface area contributed by atoms with E-state index in [9.17, 15) is 9.59 Å². The fourth-order valence-electron chi connectivity index (χ4n) is 3.49. The summed E-state index contributed by atoms with van der Waals surface area (Å²) >= 11 is 0. The summed E-state index contributed by atoms with van der Waals surface area (Å²) in [7, 11) is 0. The number of anilines is 1. The maximum absolute atomic E-state index is 12.6. The first-order chi connectivity index (χ1) is 12.7. The van der Waals surface area contributed by atoms with Crippen molar-refractivity contribution in [1.29, 1.82) is 0 Å². The van der Waals surface area contributed by atoms with Crippen LogP contribution in [0.1, 0.15) is 12.0 Å². The fourth-order valence-corrected chi connectivity index (χ4v) is 3.49. The van der Waals surface area contributed by atoms with Gasteiger partial charge in [0.25, 0.3) is 0 Å². The first kappa shape index (κ1) is 16.3. The minimum atomic E-state index is -0.315. The molecule has 4 nitrogen and oxygen atoms in total. The van der Waals surface area contributed by atoms with Crippen molar-refractivity contribution in [3.05, 3.63) is 78.4 Å². The molecule has 1 N–H and O–H groups in total. The number of nitrogens with one attached hydrogen (secondary N) is 1. The van der Waals surface area contributed by atoms with Gasteiger partial charge in [0.15, 0.2) is 0 Å². The number of hydrogen-bond acceptors (Lipinski definition) is 2. The van der Waals surface area contributed by atoms with E-state index in [1.54, 1.807) is 4.90 Å². The lowest BCUT2D eigenvalue weighted by atomic mass is 10.1. The van der Waals surface area contributed by atoms with Crippen molar-refractivity contribution >= 4 is 28.3 Å². The first-order valence-electron chi connectivity index (χ1n) is 8.82. The lowest BCUT2D eigenvalue weighted by Gasteiger charge is -2.19. The van der Waals surface area contributed by atoms with Crippen molar-refractivity contribution in [3.63, 3.8) is 0 Å². The van der Waals surface area contributed by atoms with Gasteiger partial charge in [0.1, 0.15) is 0 Å². The molecule has 1 aliphatic heterocycles. The van der Waals surface area contributed by atoms with Gasteiger partial charge < -0.3 is 10.2 Å². The molecule has 0 spiro atoms. The van der Waals surface area contributed by atoms with Crippen molar-refractivity contribution < 1.29 is 9.59 Å². The number of amides is 2. The lowest BCUT2D eigenvalue weighted by molar-refractivity contribution is -0.126. The maximum atomic E-state index is 12.6. The average molecular weight is 344 g/mol. The maximum Gasteiger partial charge on any atom is 0.227 e. The molecule has 3 aromatic carbocycles. The Balaban J connectivity index is 1.49. The molecule has 130 valence electrons. The molecule has 0 aliphatic carbocycles. The monoisotopic (exact) mass is 344 g/mol. The molecule has 0 radical (unpaired) electrons. The van der Waals surface area contributed by atoms with E-state index in [1.165, 1.54) is 0 Å². The Morgan fingerprint density at radius 3 is 2.54 bits per heavy atom. The average Bonchev–Trinajstić information content (AvgIpc) is 3.08. The number of hydrogen-bond donors (Lipinski definition) is 1. The summed E-state index contributed by atoms with van der Waals surface area (Å²) in [5.74, 6) is -0.378. The van der Waals surface area contributed by atoms with E-state index in [0.29, 0.717) is 13.1 Å². The Hall–Kier alpha value is -3.14. The fraction of sp³-hybridized carbons (Fsp3) is 0.182. The topological polar surface area (TPSA) is 49.4 Å². The largest absolute Gasteiger partial charge is 0.352 e. The van der Waals surface area contributed by atoms with E-state index in [4.69, 9.17) is 0 Å². The molecule has 1 heterocycles. The molecule has 4 rings (SSSR count). The number of carbonyl (C=O) groups excluding carboxylic acids is 2. The van der Waals surface area contributed by atoms with Crippen molar-refractivity contribution in [2.45, 2.75) is 13.0 Å². The van der Waals surface area contributed by atoms with Crippen molar-refractivity contribution in [1.82, 2.24) is 5.32 Å². The van der Waals surface area contributed by atoms with Gasteiger partial charge in [0.05, 0.1) is 11.6 Å². The molecule has 3 aromatic rings. The summed E-state index contributed by atoms with van der Waals surface area (Å²) in [5.41, 5.74) is 1.93. The number of rotatable bonds is 4. The molecule has 1 saturated heterocycles. The standard InChI is InChI=1S/C22H20N2O2/c25-21-13-18(22(26)23-14-16-7-2-1-3-8-16)15-24(21)20-12-6-10-17-9-4-5-11-19(17)20/h1-12,18H,13-15H2,(H,23,26)/t18-/m0/s1. The molecule has 0 saturated carbocycles. The minimum absolute atomic E-state index is 0.00112. The summed E-state index contributed by atoms with van der Waals surface area (Å²) in [6.07, 6.45) is 0.254. The number of benzene rings is 3. The molecular weight excluding hydrogens is 324 g/mol. The van der Waals surface area contributed by atoms with Crippen LogP contribution in [0.15, 0.2) is 72.8 Å². The second-order valence-corrected chi connectivity index (χ2v) is 6.61. The predicted octanol–water partition coefficient (Wildman–Crippen LogP) is 3.51. The summed E-state index contributed by atoms with van der Waals surface area (Å²) in [5, 5.41) is 5.08. The van der Waals surface area contributed by atoms with E-state index < -0.39 is 0 Å². The van der Waals surface area contributed by atoms with Gasteiger partial charge in [-0.05, 0) is 17.0 Å². The second-order valence-electron chi connectivity index (χ2n) is 6.61. The predicted molar refractivity (Wildman–Crippen MR) is 103 cm³/mol. The highest BCUT2D eigenvalue weighted by Crippen LogP contribution is 2.31. The number of carbonyl (C=O) groups is 2. The van der Waals surface area contributed by atoms with Gasteiger partial charge in [-0.1, -0.05) is 66.7 Å². The van der Waals surface area contributed by atoms with Gasteiger partial charge in [-0.25, -0.2) is 0 Å². The molecule has 0 aromatic heterocycles. The zero-order valence-electron chi connectivity index (χ0n) is 14.4. The van der Waals surface area contributed by atoms with Gasteiger partial charge in [0.2, 0.25) is 11.8 Å². The third-order valence-electron chi connectivity index (χ3n) is 4.86. The lowest BCUT2D eigenvalue weighted by Crippen LogP contribution is -2.32. The summed E-state index contributed by atoms with van der Waals surface area (Å²) in [4.78, 5) is 26.8. The Labute approximate surface area is 152 Å². The van der Waals surface area contributed by atoms with Crippen molar-refractivity contribution in [2.24, 2.45) is 5.92 Å². The zero-order chi connectivity index (χ0) is 17.9. The SMILES string of the molecule is O=C(NCc1ccccc1)[C@H]1CC(=O)N(c2cccc3ccccc23)C1. The van der Waals surface area contributed by atoms with Crippen molar-refractivity contribution in [2.75, 3.05) is 11.4 Å². The van der Waals surface area contributed by atoms with Crippen molar-refractivity contribution in [3.8, 4) is 0 Å². The Kier molecular flexibility index (Phi) is 4.40. The van der Waals surface area contributed by atoms with E-state index in [0.717, 1.165) is 22.0 Å². The highest BCUT2D eigenvalue weighted by Gasteiger charge is 2.35. The van der Waals surface area contributed by atoms with Crippen LogP contribution < -0.4 is 10.2 Å². The smallest absolute Gasteiger partial charge is 0.227 e. The first-order valence-corrected chi connectivity index (χ1v) is 8.82. The quantitative estimate of drug-likeness (QED) is 0.787. The molecule has 26 heavy (non-hydrogen) atoms. The van der Waals surface area contributed by atoms with Gasteiger partial charge in [-0.15, -0.1) is 0 Å². The molecule has 1 aliphatic rings. The van der Waals surface area contributed by atoms with E-state index >= 15 is 0 Å². The van der Waals surface area contributed by atoms with Crippen LogP contribution in [-0.2, 0) is 16.1 Å². The third-order valence-corrected chi connectivity index (χ3v) is 4.86. The zero-order valence-corrected chi connectivity index (χ0v) is 14.4. The Bertz CT molecular complexity index is 947. The summed E-state index contributed by atoms with van der Waals surface area (Å²) in [6.45, 7) is 0.909. The van der Waals surface area contributed by atoms with E-state index in [2.05, 4.69) is 5.32 Å². The van der Waals surface area contributed by atoms with Crippen LogP contribution in [0.25, 0.3) is 10.8 Å². The normalized spacial score (nSPS) is 16.8. The second kappa shape index (κ2) is 7.00. The summed E-state index contributed by atoms with van der Waals surface area (Å²) < 4.78 is 0. The van der Waals surface area contributed by atoms with Crippen LogP contribution in [0.5, 0.6) is 0 Å². The van der Waals surface area contributed by atoms with E-state index in [1.807, 2.05) is 72.8 Å². The van der Waals surface area contributed by atoms with Gasteiger partial charge in [-0.3, -0.25) is 9.59 Å². The van der Waals surface area contributed by atoms with Crippen LogP contribution in [0.2, 0.25) is 0 Å².